The first-order chi connectivity index (χ1) is 8.17. The molecule has 0 aliphatic rings. The summed E-state index contributed by atoms with van der Waals surface area (Å²) >= 11 is 3.40. The number of benzene rings is 1. The lowest BCUT2D eigenvalue weighted by atomic mass is 10.1. The summed E-state index contributed by atoms with van der Waals surface area (Å²) in [6.07, 6.45) is 5.01. The fourth-order valence-electron chi connectivity index (χ4n) is 1.75. The Labute approximate surface area is 112 Å². The molecule has 0 aromatic heterocycles. The highest BCUT2D eigenvalue weighted by Gasteiger charge is 2.04. The Bertz CT molecular complexity index is 396. The third kappa shape index (κ3) is 4.79. The molecule has 0 aliphatic heterocycles. The maximum Gasteiger partial charge on any atom is 0.100 e. The molecule has 0 aliphatic carbocycles. The highest BCUT2D eigenvalue weighted by molar-refractivity contribution is 9.10. The molecule has 0 saturated carbocycles. The number of hydrogen-bond acceptors (Lipinski definition) is 2. The number of rotatable bonds is 6. The van der Waals surface area contributed by atoms with Crippen molar-refractivity contribution in [2.24, 2.45) is 0 Å². The van der Waals surface area contributed by atoms with Crippen LogP contribution in [0.3, 0.4) is 0 Å². The Balaban J connectivity index is 2.51. The van der Waals surface area contributed by atoms with Crippen molar-refractivity contribution >= 4 is 21.6 Å². The van der Waals surface area contributed by atoms with Crippen LogP contribution in [0.1, 0.15) is 45.1 Å². The Kier molecular flexibility index (Phi) is 6.07. The van der Waals surface area contributed by atoms with E-state index in [1.165, 1.54) is 25.7 Å². The van der Waals surface area contributed by atoms with Gasteiger partial charge in [-0.3, -0.25) is 0 Å². The van der Waals surface area contributed by atoms with Crippen LogP contribution in [0.15, 0.2) is 22.7 Å². The standard InChI is InChI=1S/C14H19BrN2/c1-3-4-5-6-11(2)17-13-8-7-12(10-16)14(15)9-13/h7-9,11,17H,3-6H2,1-2H3. The van der Waals surface area contributed by atoms with Crippen molar-refractivity contribution < 1.29 is 0 Å². The second-order valence-corrected chi connectivity index (χ2v) is 5.20. The zero-order chi connectivity index (χ0) is 12.7. The largest absolute Gasteiger partial charge is 0.383 e. The molecule has 0 heterocycles. The van der Waals surface area contributed by atoms with Crippen LogP contribution in [0.25, 0.3) is 0 Å². The summed E-state index contributed by atoms with van der Waals surface area (Å²) in [5.74, 6) is 0. The Hall–Kier alpha value is -1.01. The lowest BCUT2D eigenvalue weighted by molar-refractivity contribution is 0.615. The molecule has 0 saturated heterocycles. The van der Waals surface area contributed by atoms with Gasteiger partial charge in [-0.25, -0.2) is 0 Å². The maximum absolute atomic E-state index is 8.83. The lowest BCUT2D eigenvalue weighted by Crippen LogP contribution is -2.14. The molecule has 0 spiro atoms. The molecule has 0 radical (unpaired) electrons. The summed E-state index contributed by atoms with van der Waals surface area (Å²) in [5.41, 5.74) is 1.74. The maximum atomic E-state index is 8.83. The van der Waals surface area contributed by atoms with Crippen LogP contribution in [0, 0.1) is 11.3 Å². The first-order valence-electron chi connectivity index (χ1n) is 6.13. The first-order valence-corrected chi connectivity index (χ1v) is 6.93. The predicted octanol–water partition coefficient (Wildman–Crippen LogP) is 4.70. The van der Waals surface area contributed by atoms with E-state index in [0.29, 0.717) is 11.6 Å². The second kappa shape index (κ2) is 7.34. The molecule has 2 nitrogen and oxygen atoms in total. The molecule has 1 N–H and O–H groups in total. The van der Waals surface area contributed by atoms with Crippen molar-refractivity contribution in [3.05, 3.63) is 28.2 Å². The van der Waals surface area contributed by atoms with E-state index in [9.17, 15) is 0 Å². The third-order valence-corrected chi connectivity index (χ3v) is 3.40. The minimum absolute atomic E-state index is 0.474. The van der Waals surface area contributed by atoms with Gasteiger partial charge in [-0.05, 0) is 47.5 Å². The predicted molar refractivity (Wildman–Crippen MR) is 76.1 cm³/mol. The molecular formula is C14H19BrN2. The highest BCUT2D eigenvalue weighted by atomic mass is 79.9. The van der Waals surface area contributed by atoms with Gasteiger partial charge in [0, 0.05) is 16.2 Å². The summed E-state index contributed by atoms with van der Waals surface area (Å²) in [6.45, 7) is 4.41. The van der Waals surface area contributed by atoms with Crippen molar-refractivity contribution in [3.8, 4) is 6.07 Å². The van der Waals surface area contributed by atoms with Gasteiger partial charge in [0.05, 0.1) is 5.56 Å². The molecule has 3 heteroatoms. The van der Waals surface area contributed by atoms with Crippen LogP contribution in [0.4, 0.5) is 5.69 Å². The van der Waals surface area contributed by atoms with Gasteiger partial charge in [-0.2, -0.15) is 5.26 Å². The van der Waals surface area contributed by atoms with E-state index >= 15 is 0 Å². The van der Waals surface area contributed by atoms with Crippen LogP contribution in [-0.2, 0) is 0 Å². The van der Waals surface area contributed by atoms with Gasteiger partial charge in [-0.1, -0.05) is 26.2 Å². The van der Waals surface area contributed by atoms with E-state index in [2.05, 4.69) is 41.2 Å². The SMILES string of the molecule is CCCCCC(C)Nc1ccc(C#N)c(Br)c1. The quantitative estimate of drug-likeness (QED) is 0.772. The normalized spacial score (nSPS) is 11.9. The number of anilines is 1. The summed E-state index contributed by atoms with van der Waals surface area (Å²) in [5, 5.41) is 12.3. The molecule has 1 unspecified atom stereocenters. The fraction of sp³-hybridized carbons (Fsp3) is 0.500. The van der Waals surface area contributed by atoms with Crippen LogP contribution in [-0.4, -0.2) is 6.04 Å². The Morgan fingerprint density at radius 3 is 2.76 bits per heavy atom. The van der Waals surface area contributed by atoms with Crippen molar-refractivity contribution in [2.45, 2.75) is 45.6 Å². The average Bonchev–Trinajstić information content (AvgIpc) is 2.29. The molecule has 1 atom stereocenters. The van der Waals surface area contributed by atoms with Crippen molar-refractivity contribution in [3.63, 3.8) is 0 Å². The molecule has 1 aromatic carbocycles. The molecule has 1 aromatic rings. The average molecular weight is 295 g/mol. The van der Waals surface area contributed by atoms with Gasteiger partial charge in [-0.15, -0.1) is 0 Å². The van der Waals surface area contributed by atoms with E-state index in [0.717, 1.165) is 10.2 Å². The van der Waals surface area contributed by atoms with E-state index in [1.54, 1.807) is 0 Å². The van der Waals surface area contributed by atoms with E-state index in [-0.39, 0.29) is 0 Å². The first kappa shape index (κ1) is 14.1. The van der Waals surface area contributed by atoms with Gasteiger partial charge in [0.25, 0.3) is 0 Å². The molecule has 1 rings (SSSR count). The van der Waals surface area contributed by atoms with Crippen molar-refractivity contribution in [1.29, 1.82) is 5.26 Å². The molecule has 92 valence electrons. The van der Waals surface area contributed by atoms with Crippen LogP contribution in [0.2, 0.25) is 0 Å². The molecule has 0 bridgehead atoms. The number of hydrogen-bond donors (Lipinski definition) is 1. The van der Waals surface area contributed by atoms with Crippen LogP contribution >= 0.6 is 15.9 Å². The topological polar surface area (TPSA) is 35.8 Å². The van der Waals surface area contributed by atoms with Crippen molar-refractivity contribution in [2.75, 3.05) is 5.32 Å². The van der Waals surface area contributed by atoms with Gasteiger partial charge >= 0.3 is 0 Å². The third-order valence-electron chi connectivity index (χ3n) is 2.74. The zero-order valence-electron chi connectivity index (χ0n) is 10.5. The molecule has 0 fully saturated rings. The number of halogens is 1. The lowest BCUT2D eigenvalue weighted by Gasteiger charge is -2.15. The van der Waals surface area contributed by atoms with Gasteiger partial charge in [0.15, 0.2) is 0 Å². The van der Waals surface area contributed by atoms with Gasteiger partial charge < -0.3 is 5.32 Å². The summed E-state index contributed by atoms with van der Waals surface area (Å²) in [6, 6.07) is 8.38. The minimum Gasteiger partial charge on any atom is -0.383 e. The molecule has 0 amide bonds. The Morgan fingerprint density at radius 1 is 1.41 bits per heavy atom. The monoisotopic (exact) mass is 294 g/mol. The second-order valence-electron chi connectivity index (χ2n) is 4.35. The number of nitrogens with zero attached hydrogens (tertiary/aromatic N) is 1. The number of unbranched alkanes of at least 4 members (excludes halogenated alkanes) is 2. The molecule has 17 heavy (non-hydrogen) atoms. The highest BCUT2D eigenvalue weighted by Crippen LogP contribution is 2.21. The fourth-order valence-corrected chi connectivity index (χ4v) is 2.22. The molecular weight excluding hydrogens is 276 g/mol. The summed E-state index contributed by atoms with van der Waals surface area (Å²) in [4.78, 5) is 0. The van der Waals surface area contributed by atoms with E-state index < -0.39 is 0 Å². The Morgan fingerprint density at radius 2 is 2.18 bits per heavy atom. The number of nitriles is 1. The summed E-state index contributed by atoms with van der Waals surface area (Å²) < 4.78 is 0.853. The number of nitrogens with one attached hydrogen (secondary N) is 1. The zero-order valence-corrected chi connectivity index (χ0v) is 12.0. The van der Waals surface area contributed by atoms with Crippen LogP contribution in [0.5, 0.6) is 0 Å². The van der Waals surface area contributed by atoms with Gasteiger partial charge in [0.1, 0.15) is 6.07 Å². The minimum atomic E-state index is 0.474. The van der Waals surface area contributed by atoms with E-state index in [4.69, 9.17) is 5.26 Å². The van der Waals surface area contributed by atoms with Crippen molar-refractivity contribution in [1.82, 2.24) is 0 Å². The van der Waals surface area contributed by atoms with E-state index in [1.807, 2.05) is 18.2 Å². The summed E-state index contributed by atoms with van der Waals surface area (Å²) in [7, 11) is 0. The smallest absolute Gasteiger partial charge is 0.100 e. The van der Waals surface area contributed by atoms with Gasteiger partial charge in [0.2, 0.25) is 0 Å². The van der Waals surface area contributed by atoms with Crippen LogP contribution < -0.4 is 5.32 Å².